The number of ether oxygens (including phenoxy) is 2. The van der Waals surface area contributed by atoms with Gasteiger partial charge < -0.3 is 14.4 Å². The molecule has 2 aromatic carbocycles. The fraction of sp³-hybridized carbons (Fsp3) is 0.300. The smallest absolute Gasteiger partial charge is 0.162 e. The molecule has 0 fully saturated rings. The first-order valence-corrected chi connectivity index (χ1v) is 8.40. The monoisotopic (exact) mass is 335 g/mol. The molecule has 3 aromatic rings. The van der Waals surface area contributed by atoms with Gasteiger partial charge in [0.1, 0.15) is 12.1 Å². The Balaban J connectivity index is 1.96. The van der Waals surface area contributed by atoms with Crippen LogP contribution in [0, 0.1) is 0 Å². The minimum atomic E-state index is 0.309. The molecule has 5 nitrogen and oxygen atoms in total. The number of aromatic nitrogens is 2. The van der Waals surface area contributed by atoms with E-state index in [-0.39, 0.29) is 0 Å². The average Bonchev–Trinajstić information content (AvgIpc) is 2.91. The van der Waals surface area contributed by atoms with Gasteiger partial charge in [-0.3, -0.25) is 0 Å². The van der Waals surface area contributed by atoms with Crippen molar-refractivity contribution in [2.75, 3.05) is 19.1 Å². The number of methoxy groups -OCH3 is 2. The highest BCUT2D eigenvalue weighted by Gasteiger charge is 2.34. The van der Waals surface area contributed by atoms with E-state index in [1.165, 1.54) is 11.3 Å². The van der Waals surface area contributed by atoms with Gasteiger partial charge in [-0.1, -0.05) is 25.1 Å². The molecule has 2 heterocycles. The van der Waals surface area contributed by atoms with E-state index >= 15 is 0 Å². The van der Waals surface area contributed by atoms with Crippen molar-refractivity contribution in [1.29, 1.82) is 0 Å². The SMILES string of the molecule is COc1cc2ncnc(N3c4ccccc4[C@@H](C)[C@H]3C)c2cc1OC. The third-order valence-corrected chi connectivity index (χ3v) is 5.17. The van der Waals surface area contributed by atoms with Gasteiger partial charge in [0.15, 0.2) is 11.5 Å². The Morgan fingerprint density at radius 3 is 2.44 bits per heavy atom. The number of hydrogen-bond acceptors (Lipinski definition) is 5. The van der Waals surface area contributed by atoms with Crippen molar-refractivity contribution >= 4 is 22.4 Å². The highest BCUT2D eigenvalue weighted by molar-refractivity contribution is 5.94. The largest absolute Gasteiger partial charge is 0.493 e. The van der Waals surface area contributed by atoms with Crippen molar-refractivity contribution in [1.82, 2.24) is 9.97 Å². The second-order valence-electron chi connectivity index (χ2n) is 6.38. The normalized spacial score (nSPS) is 19.1. The van der Waals surface area contributed by atoms with Crippen LogP contribution in [0.4, 0.5) is 11.5 Å². The number of para-hydroxylation sites is 1. The molecule has 0 amide bonds. The molecule has 0 radical (unpaired) electrons. The number of anilines is 2. The van der Waals surface area contributed by atoms with Crippen LogP contribution in [0.2, 0.25) is 0 Å². The molecule has 0 N–H and O–H groups in total. The van der Waals surface area contributed by atoms with Crippen LogP contribution in [0.1, 0.15) is 25.3 Å². The molecule has 1 aliphatic rings. The fourth-order valence-electron chi connectivity index (χ4n) is 3.66. The van der Waals surface area contributed by atoms with Gasteiger partial charge in [0.25, 0.3) is 0 Å². The molecule has 25 heavy (non-hydrogen) atoms. The summed E-state index contributed by atoms with van der Waals surface area (Å²) in [4.78, 5) is 11.3. The lowest BCUT2D eigenvalue weighted by molar-refractivity contribution is 0.356. The first kappa shape index (κ1) is 15.7. The molecule has 0 saturated carbocycles. The summed E-state index contributed by atoms with van der Waals surface area (Å²) in [5.74, 6) is 2.68. The zero-order valence-corrected chi connectivity index (χ0v) is 14.9. The molecule has 0 aliphatic carbocycles. The quantitative estimate of drug-likeness (QED) is 0.714. The molecular formula is C20H21N3O2. The lowest BCUT2D eigenvalue weighted by atomic mass is 9.98. The third kappa shape index (κ3) is 2.30. The Hall–Kier alpha value is -2.82. The second kappa shape index (κ2) is 5.92. The molecule has 2 atom stereocenters. The Bertz CT molecular complexity index is 941. The van der Waals surface area contributed by atoms with E-state index in [1.807, 2.05) is 12.1 Å². The van der Waals surface area contributed by atoms with Crippen molar-refractivity contribution < 1.29 is 9.47 Å². The first-order chi connectivity index (χ1) is 12.2. The average molecular weight is 335 g/mol. The van der Waals surface area contributed by atoms with Crippen LogP contribution in [0.15, 0.2) is 42.7 Å². The standard InChI is InChI=1S/C20H21N3O2/c1-12-13(2)23(17-8-6-5-7-14(12)17)20-15-9-18(24-3)19(25-4)10-16(15)21-11-22-20/h5-13H,1-4H3/t12-,13+/m0/s1. The molecular weight excluding hydrogens is 314 g/mol. The van der Waals surface area contributed by atoms with Crippen molar-refractivity contribution in [3.05, 3.63) is 48.3 Å². The highest BCUT2D eigenvalue weighted by atomic mass is 16.5. The van der Waals surface area contributed by atoms with Crippen molar-refractivity contribution in [3.63, 3.8) is 0 Å². The summed E-state index contributed by atoms with van der Waals surface area (Å²) in [6, 6.07) is 12.7. The molecule has 128 valence electrons. The minimum absolute atomic E-state index is 0.309. The summed E-state index contributed by atoms with van der Waals surface area (Å²) < 4.78 is 10.9. The topological polar surface area (TPSA) is 47.5 Å². The number of benzene rings is 2. The zero-order chi connectivity index (χ0) is 17.6. The van der Waals surface area contributed by atoms with Crippen LogP contribution in [-0.4, -0.2) is 30.2 Å². The van der Waals surface area contributed by atoms with Crippen molar-refractivity contribution in [2.45, 2.75) is 25.8 Å². The van der Waals surface area contributed by atoms with Crippen molar-refractivity contribution in [3.8, 4) is 11.5 Å². The maximum Gasteiger partial charge on any atom is 0.162 e. The summed E-state index contributed by atoms with van der Waals surface area (Å²) >= 11 is 0. The van der Waals surface area contributed by atoms with Crippen LogP contribution in [-0.2, 0) is 0 Å². The van der Waals surface area contributed by atoms with Crippen molar-refractivity contribution in [2.24, 2.45) is 0 Å². The maximum absolute atomic E-state index is 5.48. The molecule has 1 aliphatic heterocycles. The predicted octanol–water partition coefficient (Wildman–Crippen LogP) is 4.29. The van der Waals surface area contributed by atoms with E-state index in [0.717, 1.165) is 16.7 Å². The van der Waals surface area contributed by atoms with E-state index in [2.05, 4.69) is 53.0 Å². The van der Waals surface area contributed by atoms with Gasteiger partial charge in [-0.25, -0.2) is 9.97 Å². The van der Waals surface area contributed by atoms with Gasteiger partial charge >= 0.3 is 0 Å². The number of hydrogen-bond donors (Lipinski definition) is 0. The van der Waals surface area contributed by atoms with Crippen LogP contribution >= 0.6 is 0 Å². The Labute approximate surface area is 147 Å². The van der Waals surface area contributed by atoms with Crippen LogP contribution in [0.5, 0.6) is 11.5 Å². The molecule has 0 unspecified atom stereocenters. The van der Waals surface area contributed by atoms with Crippen LogP contribution < -0.4 is 14.4 Å². The Kier molecular flexibility index (Phi) is 3.71. The summed E-state index contributed by atoms with van der Waals surface area (Å²) in [5.41, 5.74) is 3.39. The first-order valence-electron chi connectivity index (χ1n) is 8.40. The molecule has 0 bridgehead atoms. The van der Waals surface area contributed by atoms with E-state index in [9.17, 15) is 0 Å². The fourth-order valence-corrected chi connectivity index (χ4v) is 3.66. The summed E-state index contributed by atoms with van der Waals surface area (Å²) in [6.07, 6.45) is 1.61. The van der Waals surface area contributed by atoms with Gasteiger partial charge in [0.05, 0.1) is 19.7 Å². The highest BCUT2D eigenvalue weighted by Crippen LogP contribution is 2.46. The maximum atomic E-state index is 5.48. The van der Waals surface area contributed by atoms with E-state index in [4.69, 9.17) is 9.47 Å². The van der Waals surface area contributed by atoms with Crippen LogP contribution in [0.3, 0.4) is 0 Å². The second-order valence-corrected chi connectivity index (χ2v) is 6.38. The molecule has 0 spiro atoms. The Morgan fingerprint density at radius 1 is 0.960 bits per heavy atom. The lowest BCUT2D eigenvalue weighted by Gasteiger charge is -2.26. The van der Waals surface area contributed by atoms with E-state index < -0.39 is 0 Å². The van der Waals surface area contributed by atoms with Gasteiger partial charge in [-0.05, 0) is 24.6 Å². The van der Waals surface area contributed by atoms with Gasteiger partial charge in [-0.2, -0.15) is 0 Å². The van der Waals surface area contributed by atoms with Gasteiger partial charge in [0, 0.05) is 29.1 Å². The number of nitrogens with zero attached hydrogens (tertiary/aromatic N) is 3. The molecule has 5 heteroatoms. The summed E-state index contributed by atoms with van der Waals surface area (Å²) in [5, 5.41) is 0.955. The minimum Gasteiger partial charge on any atom is -0.493 e. The van der Waals surface area contributed by atoms with E-state index in [1.54, 1.807) is 20.5 Å². The summed E-state index contributed by atoms with van der Waals surface area (Å²) in [6.45, 7) is 4.50. The zero-order valence-electron chi connectivity index (χ0n) is 14.9. The number of fused-ring (bicyclic) bond motifs is 2. The Morgan fingerprint density at radius 2 is 1.68 bits per heavy atom. The molecule has 0 saturated heterocycles. The van der Waals surface area contributed by atoms with Gasteiger partial charge in [-0.15, -0.1) is 0 Å². The number of rotatable bonds is 3. The third-order valence-electron chi connectivity index (χ3n) is 5.17. The van der Waals surface area contributed by atoms with Crippen LogP contribution in [0.25, 0.3) is 10.9 Å². The predicted molar refractivity (Wildman–Crippen MR) is 99.1 cm³/mol. The van der Waals surface area contributed by atoms with Gasteiger partial charge in [0.2, 0.25) is 0 Å². The molecule has 4 rings (SSSR count). The van der Waals surface area contributed by atoms with E-state index in [0.29, 0.717) is 23.5 Å². The lowest BCUT2D eigenvalue weighted by Crippen LogP contribution is -2.27. The molecule has 1 aromatic heterocycles. The summed E-state index contributed by atoms with van der Waals surface area (Å²) in [7, 11) is 3.27.